The van der Waals surface area contributed by atoms with Crippen molar-refractivity contribution in [2.75, 3.05) is 0 Å². The summed E-state index contributed by atoms with van der Waals surface area (Å²) in [5.41, 5.74) is 0. The third-order valence-electron chi connectivity index (χ3n) is 3.36. The highest BCUT2D eigenvalue weighted by Gasteiger charge is 2.16. The van der Waals surface area contributed by atoms with E-state index in [9.17, 15) is 0 Å². The molecule has 0 unspecified atom stereocenters. The summed E-state index contributed by atoms with van der Waals surface area (Å²) in [6.45, 7) is 4.65. The van der Waals surface area contributed by atoms with Crippen molar-refractivity contribution in [2.45, 2.75) is 65.2 Å². The van der Waals surface area contributed by atoms with Gasteiger partial charge in [0.15, 0.2) is 0 Å². The molecule has 0 spiro atoms. The quantitative estimate of drug-likeness (QED) is 0.573. The lowest BCUT2D eigenvalue weighted by Crippen LogP contribution is -2.10. The molecule has 0 N–H and O–H groups in total. The third-order valence-corrected chi connectivity index (χ3v) is 3.36. The van der Waals surface area contributed by atoms with Gasteiger partial charge in [-0.15, -0.1) is 0 Å². The van der Waals surface area contributed by atoms with Crippen LogP contribution in [0.15, 0.2) is 0 Å². The molecule has 0 atom stereocenters. The van der Waals surface area contributed by atoms with Crippen LogP contribution in [0, 0.1) is 11.8 Å². The van der Waals surface area contributed by atoms with E-state index in [1.54, 1.807) is 5.92 Å². The zero-order valence-electron chi connectivity index (χ0n) is 8.73. The Hall–Kier alpha value is 0. The van der Waals surface area contributed by atoms with Crippen LogP contribution < -0.4 is 0 Å². The molecule has 0 aliphatic heterocycles. The van der Waals surface area contributed by atoms with E-state index in [0.29, 0.717) is 0 Å². The Morgan fingerprint density at radius 3 is 2.00 bits per heavy atom. The standard InChI is InChI=1S/C12H23/c1-3-11(2)12-9-7-5-4-6-8-10-12/h12H,3-10H2,1-2H3. The molecule has 1 saturated carbocycles. The first-order valence-electron chi connectivity index (χ1n) is 5.67. The van der Waals surface area contributed by atoms with Gasteiger partial charge in [0, 0.05) is 0 Å². The first-order valence-corrected chi connectivity index (χ1v) is 5.67. The van der Waals surface area contributed by atoms with Crippen LogP contribution in [0.5, 0.6) is 0 Å². The monoisotopic (exact) mass is 167 g/mol. The summed E-state index contributed by atoms with van der Waals surface area (Å²) < 4.78 is 0. The van der Waals surface area contributed by atoms with Gasteiger partial charge in [-0.2, -0.15) is 0 Å². The second kappa shape index (κ2) is 5.61. The maximum atomic E-state index is 2.35. The van der Waals surface area contributed by atoms with Crippen molar-refractivity contribution in [3.63, 3.8) is 0 Å². The Labute approximate surface area is 77.7 Å². The Balaban J connectivity index is 2.29. The molecule has 0 aromatic heterocycles. The van der Waals surface area contributed by atoms with Crippen LogP contribution in [-0.4, -0.2) is 0 Å². The van der Waals surface area contributed by atoms with E-state index in [0.717, 1.165) is 5.92 Å². The minimum Gasteiger partial charge on any atom is -0.0648 e. The normalized spacial score (nSPS) is 22.2. The smallest absolute Gasteiger partial charge is 0.0244 e. The number of rotatable bonds is 2. The van der Waals surface area contributed by atoms with Gasteiger partial charge in [-0.05, 0) is 31.1 Å². The van der Waals surface area contributed by atoms with E-state index in [1.165, 1.54) is 51.4 Å². The first-order chi connectivity index (χ1) is 5.84. The molecule has 0 nitrogen and oxygen atoms in total. The van der Waals surface area contributed by atoms with Crippen molar-refractivity contribution in [1.82, 2.24) is 0 Å². The summed E-state index contributed by atoms with van der Waals surface area (Å²) in [7, 11) is 0. The highest BCUT2D eigenvalue weighted by atomic mass is 14.2. The van der Waals surface area contributed by atoms with Gasteiger partial charge in [-0.25, -0.2) is 0 Å². The summed E-state index contributed by atoms with van der Waals surface area (Å²) in [6, 6.07) is 0. The van der Waals surface area contributed by atoms with Gasteiger partial charge in [0.1, 0.15) is 0 Å². The third kappa shape index (κ3) is 3.16. The molecule has 1 aliphatic carbocycles. The van der Waals surface area contributed by atoms with E-state index in [2.05, 4.69) is 13.8 Å². The molecule has 0 saturated heterocycles. The zero-order chi connectivity index (χ0) is 8.81. The fraction of sp³-hybridized carbons (Fsp3) is 0.917. The molecule has 0 heterocycles. The Bertz CT molecular complexity index is 98.6. The van der Waals surface area contributed by atoms with Gasteiger partial charge in [0.2, 0.25) is 0 Å². The fourth-order valence-electron chi connectivity index (χ4n) is 2.24. The van der Waals surface area contributed by atoms with Crippen molar-refractivity contribution in [3.8, 4) is 0 Å². The molecule has 12 heavy (non-hydrogen) atoms. The zero-order valence-corrected chi connectivity index (χ0v) is 8.73. The van der Waals surface area contributed by atoms with Crippen LogP contribution in [0.1, 0.15) is 65.2 Å². The van der Waals surface area contributed by atoms with E-state index in [1.807, 2.05) is 0 Å². The molecular formula is C12H23. The fourth-order valence-corrected chi connectivity index (χ4v) is 2.24. The summed E-state index contributed by atoms with van der Waals surface area (Å²) >= 11 is 0. The SMILES string of the molecule is CC[C](C)C1CCCCCCC1. The van der Waals surface area contributed by atoms with Gasteiger partial charge >= 0.3 is 0 Å². The first kappa shape index (κ1) is 10.1. The molecule has 1 rings (SSSR count). The second-order valence-electron chi connectivity index (χ2n) is 4.24. The predicted octanol–water partition coefficient (Wildman–Crippen LogP) is 4.35. The van der Waals surface area contributed by atoms with Gasteiger partial charge in [0.05, 0.1) is 0 Å². The van der Waals surface area contributed by atoms with E-state index >= 15 is 0 Å². The Morgan fingerprint density at radius 2 is 1.50 bits per heavy atom. The van der Waals surface area contributed by atoms with Crippen LogP contribution in [0.4, 0.5) is 0 Å². The van der Waals surface area contributed by atoms with Crippen LogP contribution in [0.25, 0.3) is 0 Å². The molecule has 0 bridgehead atoms. The maximum absolute atomic E-state index is 2.35. The van der Waals surface area contributed by atoms with Gasteiger partial charge < -0.3 is 0 Å². The van der Waals surface area contributed by atoms with Gasteiger partial charge in [-0.3, -0.25) is 0 Å². The van der Waals surface area contributed by atoms with Crippen LogP contribution in [0.3, 0.4) is 0 Å². The highest BCUT2D eigenvalue weighted by molar-refractivity contribution is 4.90. The molecule has 1 aliphatic rings. The van der Waals surface area contributed by atoms with Crippen molar-refractivity contribution in [3.05, 3.63) is 5.92 Å². The summed E-state index contributed by atoms with van der Waals surface area (Å²) in [4.78, 5) is 0. The van der Waals surface area contributed by atoms with E-state index in [4.69, 9.17) is 0 Å². The predicted molar refractivity (Wildman–Crippen MR) is 55.0 cm³/mol. The van der Waals surface area contributed by atoms with E-state index in [-0.39, 0.29) is 0 Å². The average molecular weight is 167 g/mol. The average Bonchev–Trinajstić information content (AvgIpc) is 2.02. The molecule has 0 aromatic carbocycles. The minimum absolute atomic E-state index is 0.968. The van der Waals surface area contributed by atoms with Crippen LogP contribution in [-0.2, 0) is 0 Å². The summed E-state index contributed by atoms with van der Waals surface area (Å²) in [6.07, 6.45) is 11.6. The van der Waals surface area contributed by atoms with Crippen LogP contribution >= 0.6 is 0 Å². The molecule has 0 aromatic rings. The molecule has 0 heteroatoms. The minimum atomic E-state index is 0.968. The lowest BCUT2D eigenvalue weighted by atomic mass is 9.82. The number of hydrogen-bond acceptors (Lipinski definition) is 0. The number of hydrogen-bond donors (Lipinski definition) is 0. The molecule has 71 valence electrons. The van der Waals surface area contributed by atoms with Gasteiger partial charge in [0.25, 0.3) is 0 Å². The van der Waals surface area contributed by atoms with Crippen LogP contribution in [0.2, 0.25) is 0 Å². The van der Waals surface area contributed by atoms with Crippen molar-refractivity contribution in [1.29, 1.82) is 0 Å². The maximum Gasteiger partial charge on any atom is -0.0244 e. The largest absolute Gasteiger partial charge is 0.0648 e. The summed E-state index contributed by atoms with van der Waals surface area (Å²) in [5.74, 6) is 2.72. The lowest BCUT2D eigenvalue weighted by Gasteiger charge is -2.24. The van der Waals surface area contributed by atoms with Gasteiger partial charge in [-0.1, -0.05) is 46.0 Å². The second-order valence-corrected chi connectivity index (χ2v) is 4.24. The summed E-state index contributed by atoms with van der Waals surface area (Å²) in [5, 5.41) is 0. The van der Waals surface area contributed by atoms with Crippen molar-refractivity contribution in [2.24, 2.45) is 5.92 Å². The molecule has 1 fully saturated rings. The highest BCUT2D eigenvalue weighted by Crippen LogP contribution is 2.30. The molecule has 1 radical (unpaired) electrons. The Morgan fingerprint density at radius 1 is 1.00 bits per heavy atom. The van der Waals surface area contributed by atoms with Crippen molar-refractivity contribution < 1.29 is 0 Å². The Kier molecular flexibility index (Phi) is 4.72. The molecular weight excluding hydrogens is 144 g/mol. The van der Waals surface area contributed by atoms with E-state index < -0.39 is 0 Å². The topological polar surface area (TPSA) is 0 Å². The van der Waals surface area contributed by atoms with Crippen molar-refractivity contribution >= 4 is 0 Å². The molecule has 0 amide bonds. The lowest BCUT2D eigenvalue weighted by molar-refractivity contribution is 0.381.